The maximum absolute atomic E-state index is 12.0. The standard InChI is InChI=1S/C18H17N3O4S/c1-12(18(23)19-14-5-3-2-4-6-14)24-16(22)8-7-15-20-17(21-25-15)13-9-10-26-11-13/h2-6,9-12H,7-8H2,1H3,(H,19,23)/t12-/m0/s1. The maximum Gasteiger partial charge on any atom is 0.307 e. The first-order valence-corrected chi connectivity index (χ1v) is 8.96. The Morgan fingerprint density at radius 1 is 1.27 bits per heavy atom. The highest BCUT2D eigenvalue weighted by Crippen LogP contribution is 2.19. The van der Waals surface area contributed by atoms with E-state index in [1.54, 1.807) is 24.3 Å². The molecule has 0 fully saturated rings. The number of esters is 1. The van der Waals surface area contributed by atoms with E-state index in [0.29, 0.717) is 17.4 Å². The lowest BCUT2D eigenvalue weighted by molar-refractivity contribution is -0.153. The van der Waals surface area contributed by atoms with Crippen molar-refractivity contribution in [3.8, 4) is 11.4 Å². The van der Waals surface area contributed by atoms with Crippen LogP contribution in [0.3, 0.4) is 0 Å². The minimum atomic E-state index is -0.897. The number of anilines is 1. The lowest BCUT2D eigenvalue weighted by Crippen LogP contribution is -2.30. The predicted octanol–water partition coefficient (Wildman–Crippen LogP) is 3.30. The Bertz CT molecular complexity index is 862. The first-order valence-electron chi connectivity index (χ1n) is 8.02. The number of nitrogens with one attached hydrogen (secondary N) is 1. The van der Waals surface area contributed by atoms with E-state index in [1.807, 2.05) is 22.9 Å². The monoisotopic (exact) mass is 371 g/mol. The zero-order valence-corrected chi connectivity index (χ0v) is 14.9. The van der Waals surface area contributed by atoms with Crippen molar-refractivity contribution in [1.29, 1.82) is 0 Å². The number of para-hydroxylation sites is 1. The summed E-state index contributed by atoms with van der Waals surface area (Å²) >= 11 is 1.54. The summed E-state index contributed by atoms with van der Waals surface area (Å²) in [6, 6.07) is 10.9. The van der Waals surface area contributed by atoms with E-state index in [9.17, 15) is 9.59 Å². The number of aromatic nitrogens is 2. The van der Waals surface area contributed by atoms with Gasteiger partial charge in [0.2, 0.25) is 11.7 Å². The van der Waals surface area contributed by atoms with Crippen LogP contribution in [0, 0.1) is 0 Å². The molecule has 0 unspecified atom stereocenters. The van der Waals surface area contributed by atoms with Crippen molar-refractivity contribution in [3.63, 3.8) is 0 Å². The summed E-state index contributed by atoms with van der Waals surface area (Å²) in [6.07, 6.45) is -0.594. The number of hydrogen-bond acceptors (Lipinski definition) is 7. The molecular formula is C18H17N3O4S. The summed E-state index contributed by atoms with van der Waals surface area (Å²) in [5, 5.41) is 10.4. The third-order valence-corrected chi connectivity index (χ3v) is 4.19. The zero-order valence-electron chi connectivity index (χ0n) is 14.0. The Hall–Kier alpha value is -3.00. The van der Waals surface area contributed by atoms with Crippen LogP contribution in [-0.4, -0.2) is 28.1 Å². The Labute approximate surface area is 154 Å². The molecule has 2 aromatic heterocycles. The molecule has 1 atom stereocenters. The number of hydrogen-bond donors (Lipinski definition) is 1. The van der Waals surface area contributed by atoms with Gasteiger partial charge in [-0.3, -0.25) is 9.59 Å². The van der Waals surface area contributed by atoms with Gasteiger partial charge in [-0.25, -0.2) is 0 Å². The highest BCUT2D eigenvalue weighted by molar-refractivity contribution is 7.08. The average molecular weight is 371 g/mol. The third-order valence-electron chi connectivity index (χ3n) is 3.51. The number of carbonyl (C=O) groups excluding carboxylic acids is 2. The van der Waals surface area contributed by atoms with E-state index in [1.165, 1.54) is 18.3 Å². The first kappa shape index (κ1) is 17.8. The quantitative estimate of drug-likeness (QED) is 0.641. The SMILES string of the molecule is C[C@H](OC(=O)CCc1nc(-c2ccsc2)no1)C(=O)Nc1ccccc1. The number of thiophene rings is 1. The molecule has 0 saturated heterocycles. The van der Waals surface area contributed by atoms with E-state index in [4.69, 9.17) is 9.26 Å². The number of rotatable bonds is 7. The van der Waals surface area contributed by atoms with E-state index >= 15 is 0 Å². The van der Waals surface area contributed by atoms with Gasteiger partial charge in [0.05, 0.1) is 6.42 Å². The molecule has 0 radical (unpaired) electrons. The second kappa shape index (κ2) is 8.39. The molecule has 134 valence electrons. The Morgan fingerprint density at radius 2 is 2.08 bits per heavy atom. The smallest absolute Gasteiger partial charge is 0.307 e. The van der Waals surface area contributed by atoms with Crippen LogP contribution < -0.4 is 5.32 Å². The summed E-state index contributed by atoms with van der Waals surface area (Å²) < 4.78 is 10.3. The molecule has 0 aliphatic heterocycles. The van der Waals surface area contributed by atoms with Crippen molar-refractivity contribution < 1.29 is 18.8 Å². The number of benzene rings is 1. The molecule has 1 N–H and O–H groups in total. The molecule has 0 bridgehead atoms. The van der Waals surface area contributed by atoms with Crippen molar-refractivity contribution in [1.82, 2.24) is 10.1 Å². The predicted molar refractivity (Wildman–Crippen MR) is 96.6 cm³/mol. The van der Waals surface area contributed by atoms with Gasteiger partial charge in [-0.1, -0.05) is 23.4 Å². The lowest BCUT2D eigenvalue weighted by Gasteiger charge is -2.13. The van der Waals surface area contributed by atoms with Gasteiger partial charge in [-0.05, 0) is 30.5 Å². The molecule has 3 rings (SSSR count). The van der Waals surface area contributed by atoms with Crippen molar-refractivity contribution in [2.75, 3.05) is 5.32 Å². The molecule has 0 aliphatic rings. The van der Waals surface area contributed by atoms with Crippen molar-refractivity contribution in [2.24, 2.45) is 0 Å². The summed E-state index contributed by atoms with van der Waals surface area (Å²) in [5.74, 6) is -0.0483. The van der Waals surface area contributed by atoms with Crippen LogP contribution in [0.2, 0.25) is 0 Å². The van der Waals surface area contributed by atoms with Crippen molar-refractivity contribution in [3.05, 3.63) is 53.0 Å². The van der Waals surface area contributed by atoms with Crippen LogP contribution >= 0.6 is 11.3 Å². The van der Waals surface area contributed by atoms with Gasteiger partial charge < -0.3 is 14.6 Å². The summed E-state index contributed by atoms with van der Waals surface area (Å²) in [5.41, 5.74) is 1.52. The fourth-order valence-corrected chi connectivity index (χ4v) is 2.78. The van der Waals surface area contributed by atoms with Crippen molar-refractivity contribution in [2.45, 2.75) is 25.9 Å². The van der Waals surface area contributed by atoms with Crippen LogP contribution in [0.4, 0.5) is 5.69 Å². The highest BCUT2D eigenvalue weighted by Gasteiger charge is 2.19. The molecule has 0 saturated carbocycles. The second-order valence-electron chi connectivity index (χ2n) is 5.51. The van der Waals surface area contributed by atoms with Gasteiger partial charge in [0.1, 0.15) is 0 Å². The molecule has 7 nitrogen and oxygen atoms in total. The Balaban J connectivity index is 1.45. The fraction of sp³-hybridized carbons (Fsp3) is 0.222. The Kier molecular flexibility index (Phi) is 5.75. The van der Waals surface area contributed by atoms with Crippen LogP contribution in [0.1, 0.15) is 19.2 Å². The van der Waals surface area contributed by atoms with E-state index < -0.39 is 12.1 Å². The van der Waals surface area contributed by atoms with Crippen LogP contribution in [0.15, 0.2) is 51.7 Å². The molecule has 1 amide bonds. The van der Waals surface area contributed by atoms with E-state index in [0.717, 1.165) is 5.56 Å². The molecule has 8 heteroatoms. The number of aryl methyl sites for hydroxylation is 1. The van der Waals surface area contributed by atoms with Crippen LogP contribution in [0.5, 0.6) is 0 Å². The zero-order chi connectivity index (χ0) is 18.4. The van der Waals surface area contributed by atoms with Crippen molar-refractivity contribution >= 4 is 28.9 Å². The minimum Gasteiger partial charge on any atom is -0.453 e. The molecule has 0 spiro atoms. The third kappa shape index (κ3) is 4.76. The largest absolute Gasteiger partial charge is 0.453 e. The Morgan fingerprint density at radius 3 is 2.81 bits per heavy atom. The molecule has 0 aliphatic carbocycles. The van der Waals surface area contributed by atoms with Crippen LogP contribution in [0.25, 0.3) is 11.4 Å². The molecular weight excluding hydrogens is 354 g/mol. The first-order chi connectivity index (χ1) is 12.6. The number of nitrogens with zero attached hydrogens (tertiary/aromatic N) is 2. The maximum atomic E-state index is 12.0. The van der Waals surface area contributed by atoms with Gasteiger partial charge in [-0.2, -0.15) is 16.3 Å². The van der Waals surface area contributed by atoms with Gasteiger partial charge >= 0.3 is 5.97 Å². The number of carbonyl (C=O) groups is 2. The van der Waals surface area contributed by atoms with Gasteiger partial charge in [0, 0.05) is 23.1 Å². The molecule has 3 aromatic rings. The van der Waals surface area contributed by atoms with E-state index in [2.05, 4.69) is 15.5 Å². The van der Waals surface area contributed by atoms with Gasteiger partial charge in [-0.15, -0.1) is 0 Å². The molecule has 26 heavy (non-hydrogen) atoms. The summed E-state index contributed by atoms with van der Waals surface area (Å²) in [6.45, 7) is 1.53. The summed E-state index contributed by atoms with van der Waals surface area (Å²) in [7, 11) is 0. The second-order valence-corrected chi connectivity index (χ2v) is 6.29. The van der Waals surface area contributed by atoms with Gasteiger partial charge in [0.15, 0.2) is 6.10 Å². The molecule has 2 heterocycles. The fourth-order valence-electron chi connectivity index (χ4n) is 2.15. The molecule has 1 aromatic carbocycles. The van der Waals surface area contributed by atoms with E-state index in [-0.39, 0.29) is 18.7 Å². The normalized spacial score (nSPS) is 11.7. The highest BCUT2D eigenvalue weighted by atomic mass is 32.1. The van der Waals surface area contributed by atoms with Crippen LogP contribution in [-0.2, 0) is 20.7 Å². The number of ether oxygens (including phenoxy) is 1. The van der Waals surface area contributed by atoms with Gasteiger partial charge in [0.25, 0.3) is 5.91 Å². The number of amides is 1. The minimum absolute atomic E-state index is 0.0498. The topological polar surface area (TPSA) is 94.3 Å². The lowest BCUT2D eigenvalue weighted by atomic mass is 10.3. The average Bonchev–Trinajstić information content (AvgIpc) is 3.32. The summed E-state index contributed by atoms with van der Waals surface area (Å²) in [4.78, 5) is 28.2.